The molecule has 0 aliphatic carbocycles. The summed E-state index contributed by atoms with van der Waals surface area (Å²) in [5.41, 5.74) is 19.1. The predicted octanol–water partition coefficient (Wildman–Crippen LogP) is 17.4. The van der Waals surface area contributed by atoms with Crippen LogP contribution in [-0.4, -0.2) is 30.8 Å². The molecule has 0 bridgehead atoms. The van der Waals surface area contributed by atoms with Crippen molar-refractivity contribution in [3.63, 3.8) is 0 Å². The van der Waals surface area contributed by atoms with E-state index in [-0.39, 0.29) is 5.41 Å². The number of hydrogen-bond acceptors (Lipinski definition) is 6. The lowest BCUT2D eigenvalue weighted by Gasteiger charge is -2.26. The van der Waals surface area contributed by atoms with Crippen molar-refractivity contribution in [2.75, 3.05) is 16.5 Å². The van der Waals surface area contributed by atoms with Crippen LogP contribution >= 0.6 is 0 Å². The minimum absolute atomic E-state index is 0.0904. The number of benzene rings is 9. The fraction of sp³-hybridized carbons (Fsp3) is 0.0735. The maximum Gasteiger partial charge on any atom is 0.162 e. The molecule has 4 aromatic heterocycles. The van der Waals surface area contributed by atoms with Crippen LogP contribution in [-0.2, 0) is 5.41 Å². The van der Waals surface area contributed by atoms with Gasteiger partial charge >= 0.3 is 0 Å². The van der Waals surface area contributed by atoms with Crippen LogP contribution in [0.1, 0.15) is 26.3 Å². The molecule has 0 N–H and O–H groups in total. The van der Waals surface area contributed by atoms with Crippen LogP contribution in [0, 0.1) is 0 Å². The Bertz CT molecular complexity index is 4420. The molecular formula is C68H49N7O. The Balaban J connectivity index is 0.880. The second kappa shape index (κ2) is 16.9. The third kappa shape index (κ3) is 6.73. The molecule has 0 radical (unpaired) electrons. The number of aromatic nitrogens is 5. The topological polar surface area (TPSA) is 64.2 Å². The monoisotopic (exact) mass is 979 g/mol. The zero-order valence-electron chi connectivity index (χ0n) is 42.2. The molecule has 0 spiro atoms. The highest BCUT2D eigenvalue weighted by Crippen LogP contribution is 2.52. The van der Waals surface area contributed by atoms with Crippen LogP contribution in [0.25, 0.3) is 99.6 Å². The van der Waals surface area contributed by atoms with Crippen LogP contribution in [0.4, 0.5) is 22.9 Å². The number of anilines is 4. The Morgan fingerprint density at radius 1 is 0.474 bits per heavy atom. The van der Waals surface area contributed by atoms with Crippen molar-refractivity contribution in [3.05, 3.63) is 237 Å². The molecule has 8 heteroatoms. The number of para-hydroxylation sites is 3. The van der Waals surface area contributed by atoms with Gasteiger partial charge in [-0.05, 0) is 87.8 Å². The van der Waals surface area contributed by atoms with E-state index in [4.69, 9.17) is 14.7 Å². The van der Waals surface area contributed by atoms with Crippen LogP contribution in [0.2, 0.25) is 0 Å². The molecule has 0 saturated heterocycles. The molecule has 2 aliphatic heterocycles. The van der Waals surface area contributed by atoms with Gasteiger partial charge < -0.3 is 19.1 Å². The summed E-state index contributed by atoms with van der Waals surface area (Å²) in [6.45, 7) is 7.28. The molecule has 15 rings (SSSR count). The fourth-order valence-corrected chi connectivity index (χ4v) is 12.1. The molecule has 2 aliphatic rings. The lowest BCUT2D eigenvalue weighted by Crippen LogP contribution is -2.25. The van der Waals surface area contributed by atoms with Crippen molar-refractivity contribution in [1.29, 1.82) is 0 Å². The maximum atomic E-state index is 7.00. The van der Waals surface area contributed by atoms with Crippen molar-refractivity contribution < 1.29 is 4.74 Å². The number of fused-ring (bicyclic) bond motifs is 13. The average Bonchev–Trinajstić information content (AvgIpc) is 4.32. The van der Waals surface area contributed by atoms with Crippen molar-refractivity contribution >= 4 is 66.5 Å². The molecule has 8 nitrogen and oxygen atoms in total. The normalized spacial score (nSPS) is 12.8. The van der Waals surface area contributed by atoms with Gasteiger partial charge in [0.05, 0.1) is 39.6 Å². The molecule has 0 fully saturated rings. The van der Waals surface area contributed by atoms with Gasteiger partial charge in [0.2, 0.25) is 0 Å². The van der Waals surface area contributed by atoms with E-state index in [0.717, 1.165) is 73.1 Å². The molecular weight excluding hydrogens is 931 g/mol. The predicted molar refractivity (Wildman–Crippen MR) is 311 cm³/mol. The maximum absolute atomic E-state index is 7.00. The van der Waals surface area contributed by atoms with Gasteiger partial charge in [0.15, 0.2) is 5.82 Å². The molecule has 0 atom stereocenters. The van der Waals surface area contributed by atoms with Crippen LogP contribution in [0.3, 0.4) is 0 Å². The number of rotatable bonds is 7. The van der Waals surface area contributed by atoms with Gasteiger partial charge in [-0.25, -0.2) is 15.0 Å². The summed E-state index contributed by atoms with van der Waals surface area (Å²) in [4.78, 5) is 19.2. The summed E-state index contributed by atoms with van der Waals surface area (Å²) in [5.74, 6) is 3.12. The minimum atomic E-state index is -0.0904. The van der Waals surface area contributed by atoms with E-state index in [2.05, 4.69) is 251 Å². The zero-order valence-corrected chi connectivity index (χ0v) is 42.2. The van der Waals surface area contributed by atoms with E-state index < -0.39 is 0 Å². The number of ether oxygens (including phenoxy) is 1. The fourth-order valence-electron chi connectivity index (χ4n) is 12.1. The molecule has 6 heterocycles. The lowest BCUT2D eigenvalue weighted by molar-refractivity contribution is 0.483. The first-order chi connectivity index (χ1) is 37.4. The Morgan fingerprint density at radius 3 is 1.96 bits per heavy atom. The first-order valence-electron chi connectivity index (χ1n) is 25.9. The van der Waals surface area contributed by atoms with Gasteiger partial charge in [-0.3, -0.25) is 4.57 Å². The van der Waals surface area contributed by atoms with Crippen molar-refractivity contribution in [1.82, 2.24) is 24.1 Å². The highest BCUT2D eigenvalue weighted by molar-refractivity contribution is 6.23. The highest BCUT2D eigenvalue weighted by atomic mass is 16.5. The molecule has 0 amide bonds. The quantitative estimate of drug-likeness (QED) is 0.159. The SMILES string of the molecule is CC(C)(C)c1ccnc(-n2c3cc(Oc4cccc(N5CN(c6c(-c7ccccc7)cccc6-c6ccccc6)c6ncncc65)c4)ccc3c3c4c(ccc32)-n2c3ccccc3c3cccc(c32)-c2ccccc2-4)c1. The smallest absolute Gasteiger partial charge is 0.162 e. The van der Waals surface area contributed by atoms with E-state index in [1.807, 2.05) is 18.5 Å². The summed E-state index contributed by atoms with van der Waals surface area (Å²) < 4.78 is 11.8. The van der Waals surface area contributed by atoms with Gasteiger partial charge in [0, 0.05) is 67.8 Å². The van der Waals surface area contributed by atoms with Crippen LogP contribution in [0.5, 0.6) is 11.5 Å². The van der Waals surface area contributed by atoms with Crippen molar-refractivity contribution in [2.24, 2.45) is 0 Å². The summed E-state index contributed by atoms with van der Waals surface area (Å²) in [6.07, 6.45) is 5.50. The molecule has 76 heavy (non-hydrogen) atoms. The summed E-state index contributed by atoms with van der Waals surface area (Å²) in [7, 11) is 0. The average molecular weight is 980 g/mol. The molecule has 9 aromatic carbocycles. The Hall–Kier alpha value is -9.79. The third-order valence-corrected chi connectivity index (χ3v) is 15.5. The Labute approximate surface area is 440 Å². The van der Waals surface area contributed by atoms with E-state index in [1.165, 1.54) is 55.0 Å². The van der Waals surface area contributed by atoms with E-state index in [1.54, 1.807) is 6.33 Å². The largest absolute Gasteiger partial charge is 0.457 e. The number of hydrogen-bond donors (Lipinski definition) is 0. The second-order valence-electron chi connectivity index (χ2n) is 20.9. The lowest BCUT2D eigenvalue weighted by atomic mass is 9.88. The Morgan fingerprint density at radius 2 is 1.16 bits per heavy atom. The van der Waals surface area contributed by atoms with Gasteiger partial charge in [0.25, 0.3) is 0 Å². The number of nitrogens with zero attached hydrogens (tertiary/aromatic N) is 7. The van der Waals surface area contributed by atoms with Crippen molar-refractivity contribution in [3.8, 4) is 67.5 Å². The van der Waals surface area contributed by atoms with Crippen LogP contribution in [0.15, 0.2) is 231 Å². The summed E-state index contributed by atoms with van der Waals surface area (Å²) >= 11 is 0. The van der Waals surface area contributed by atoms with E-state index in [0.29, 0.717) is 18.2 Å². The van der Waals surface area contributed by atoms with Crippen molar-refractivity contribution in [2.45, 2.75) is 26.2 Å². The highest BCUT2D eigenvalue weighted by Gasteiger charge is 2.34. The molecule has 362 valence electrons. The van der Waals surface area contributed by atoms with Gasteiger partial charge in [-0.15, -0.1) is 0 Å². The van der Waals surface area contributed by atoms with E-state index >= 15 is 0 Å². The zero-order chi connectivity index (χ0) is 50.6. The third-order valence-electron chi connectivity index (χ3n) is 15.5. The summed E-state index contributed by atoms with van der Waals surface area (Å²) in [5, 5.41) is 4.77. The summed E-state index contributed by atoms with van der Waals surface area (Å²) in [6, 6.07) is 76.1. The number of pyridine rings is 1. The standard InChI is InChI=1S/C68H49N7O/c1-68(2,3)45-35-36-70-62(37-45)74-58-33-34-59-63(53-25-11-10-23-51(53)54-28-16-29-55-52-24-12-13-30-57(52)75(59)66(54)55)64(58)56-32-31-48(39-60(56)74)76-47-22-14-21-46(38-47)72-42-73(67-61(72)40-69-41-71-67)65-49(43-17-6-4-7-18-43)26-15-27-50(65)44-19-8-5-9-20-44/h4-41H,42H2,1-3H3. The van der Waals surface area contributed by atoms with Gasteiger partial charge in [0.1, 0.15) is 36.0 Å². The second-order valence-corrected chi connectivity index (χ2v) is 20.9. The molecule has 0 saturated carbocycles. The van der Waals surface area contributed by atoms with E-state index in [9.17, 15) is 0 Å². The molecule has 0 unspecified atom stereocenters. The Kier molecular flexibility index (Phi) is 9.72. The van der Waals surface area contributed by atoms with Gasteiger partial charge in [-0.2, -0.15) is 0 Å². The first kappa shape index (κ1) is 43.8. The molecule has 13 aromatic rings. The van der Waals surface area contributed by atoms with Crippen LogP contribution < -0.4 is 14.5 Å². The first-order valence-corrected chi connectivity index (χ1v) is 25.9. The van der Waals surface area contributed by atoms with Gasteiger partial charge in [-0.1, -0.05) is 166 Å². The minimum Gasteiger partial charge on any atom is -0.457 e.